The van der Waals surface area contributed by atoms with Gasteiger partial charge in [-0.1, -0.05) is 35.0 Å². The summed E-state index contributed by atoms with van der Waals surface area (Å²) in [7, 11) is 0. The quantitative estimate of drug-likeness (QED) is 0.868. The van der Waals surface area contributed by atoms with Gasteiger partial charge in [0.15, 0.2) is 0 Å². The van der Waals surface area contributed by atoms with Crippen LogP contribution in [0.1, 0.15) is 38.3 Å². The van der Waals surface area contributed by atoms with E-state index >= 15 is 0 Å². The van der Waals surface area contributed by atoms with E-state index in [-0.39, 0.29) is 24.2 Å². The van der Waals surface area contributed by atoms with Crippen molar-refractivity contribution in [3.05, 3.63) is 34.3 Å². The first-order chi connectivity index (χ1) is 8.60. The lowest BCUT2D eigenvalue weighted by molar-refractivity contribution is -0.142. The summed E-state index contributed by atoms with van der Waals surface area (Å²) in [6.07, 6.45) is 1.73. The summed E-state index contributed by atoms with van der Waals surface area (Å²) in [5.74, 6) is -0.127. The number of benzene rings is 1. The van der Waals surface area contributed by atoms with E-state index in [2.05, 4.69) is 40.3 Å². The van der Waals surface area contributed by atoms with Gasteiger partial charge in [-0.15, -0.1) is 0 Å². The third-order valence-corrected chi connectivity index (χ3v) is 3.78. The molecule has 0 spiro atoms. The van der Waals surface area contributed by atoms with Crippen molar-refractivity contribution in [2.24, 2.45) is 0 Å². The Bertz CT molecular complexity index is 418. The molecule has 3 unspecified atom stereocenters. The van der Waals surface area contributed by atoms with E-state index in [0.29, 0.717) is 0 Å². The van der Waals surface area contributed by atoms with Gasteiger partial charge in [0.05, 0.1) is 0 Å². The Morgan fingerprint density at radius 2 is 2.11 bits per heavy atom. The van der Waals surface area contributed by atoms with Gasteiger partial charge in [-0.25, -0.2) is 0 Å². The second-order valence-corrected chi connectivity index (χ2v) is 5.63. The first-order valence-corrected chi connectivity index (χ1v) is 7.11. The summed E-state index contributed by atoms with van der Waals surface area (Å²) < 4.78 is 6.23. The van der Waals surface area contributed by atoms with Gasteiger partial charge in [0, 0.05) is 16.9 Å². The molecule has 0 saturated carbocycles. The average molecular weight is 312 g/mol. The predicted octanol–water partition coefficient (Wildman–Crippen LogP) is 3.19. The summed E-state index contributed by atoms with van der Waals surface area (Å²) in [5, 5.41) is 3.39. The highest BCUT2D eigenvalue weighted by Crippen LogP contribution is 2.23. The fourth-order valence-electron chi connectivity index (χ4n) is 2.28. The zero-order valence-electron chi connectivity index (χ0n) is 10.7. The van der Waals surface area contributed by atoms with Gasteiger partial charge in [-0.3, -0.25) is 10.1 Å². The molecule has 18 heavy (non-hydrogen) atoms. The molecule has 1 saturated heterocycles. The van der Waals surface area contributed by atoms with Crippen LogP contribution in [0.5, 0.6) is 0 Å². The van der Waals surface area contributed by atoms with Crippen LogP contribution in [0.15, 0.2) is 28.7 Å². The van der Waals surface area contributed by atoms with Crippen LogP contribution in [0.25, 0.3) is 0 Å². The van der Waals surface area contributed by atoms with Crippen LogP contribution in [-0.4, -0.2) is 18.1 Å². The first-order valence-electron chi connectivity index (χ1n) is 6.32. The molecule has 3 nitrogen and oxygen atoms in total. The molecule has 98 valence electrons. The third-order valence-electron chi connectivity index (χ3n) is 3.25. The normalized spacial score (nSPS) is 24.9. The van der Waals surface area contributed by atoms with Gasteiger partial charge in [-0.2, -0.15) is 0 Å². The number of carbonyl (C=O) groups excluding carboxylic acids is 1. The van der Waals surface area contributed by atoms with Gasteiger partial charge in [0.2, 0.25) is 0 Å². The van der Waals surface area contributed by atoms with Crippen LogP contribution in [0.3, 0.4) is 0 Å². The van der Waals surface area contributed by atoms with Crippen molar-refractivity contribution < 1.29 is 9.53 Å². The summed E-state index contributed by atoms with van der Waals surface area (Å²) in [6, 6.07) is 8.23. The molecule has 0 radical (unpaired) electrons. The second-order valence-electron chi connectivity index (χ2n) is 4.71. The Balaban J connectivity index is 2.05. The van der Waals surface area contributed by atoms with Gasteiger partial charge in [-0.05, 0) is 31.0 Å². The molecule has 1 fully saturated rings. The van der Waals surface area contributed by atoms with E-state index in [1.54, 1.807) is 0 Å². The minimum atomic E-state index is -0.173. The van der Waals surface area contributed by atoms with Gasteiger partial charge >= 0.3 is 5.97 Å². The summed E-state index contributed by atoms with van der Waals surface area (Å²) >= 11 is 3.43. The van der Waals surface area contributed by atoms with Gasteiger partial charge < -0.3 is 4.74 Å². The zero-order valence-corrected chi connectivity index (χ0v) is 12.2. The van der Waals surface area contributed by atoms with Crippen LogP contribution in [-0.2, 0) is 9.53 Å². The highest BCUT2D eigenvalue weighted by Gasteiger charge is 2.33. The van der Waals surface area contributed by atoms with E-state index in [1.165, 1.54) is 5.56 Å². The highest BCUT2D eigenvalue weighted by atomic mass is 79.9. The molecule has 1 aliphatic rings. The Labute approximate surface area is 116 Å². The number of nitrogens with one attached hydrogen (secondary N) is 1. The van der Waals surface area contributed by atoms with E-state index in [4.69, 9.17) is 4.74 Å². The highest BCUT2D eigenvalue weighted by molar-refractivity contribution is 9.10. The maximum Gasteiger partial charge on any atom is 0.323 e. The van der Waals surface area contributed by atoms with E-state index < -0.39 is 0 Å². The molecule has 3 atom stereocenters. The Morgan fingerprint density at radius 1 is 1.44 bits per heavy atom. The molecular formula is C14H18BrNO2. The minimum absolute atomic E-state index is 0.0254. The largest absolute Gasteiger partial charge is 0.461 e. The summed E-state index contributed by atoms with van der Waals surface area (Å²) in [6.45, 7) is 4.05. The number of hydrogen-bond acceptors (Lipinski definition) is 3. The van der Waals surface area contributed by atoms with E-state index in [9.17, 15) is 4.79 Å². The number of ether oxygens (including phenoxy) is 1. The van der Waals surface area contributed by atoms with Crippen molar-refractivity contribution >= 4 is 21.9 Å². The lowest BCUT2D eigenvalue weighted by atomic mass is 10.0. The maximum absolute atomic E-state index is 11.6. The van der Waals surface area contributed by atoms with Crippen LogP contribution in [0, 0.1) is 0 Å². The van der Waals surface area contributed by atoms with Crippen LogP contribution < -0.4 is 5.32 Å². The van der Waals surface area contributed by atoms with Crippen molar-refractivity contribution in [1.82, 2.24) is 5.32 Å². The predicted molar refractivity (Wildman–Crippen MR) is 74.3 cm³/mol. The molecule has 1 N–H and O–H groups in total. The SMILES string of the molecule is CCC(NC1CC(C)OC1=O)c1ccc(Br)cc1. The van der Waals surface area contributed by atoms with Gasteiger partial charge in [0.1, 0.15) is 12.1 Å². The summed E-state index contributed by atoms with van der Waals surface area (Å²) in [5.41, 5.74) is 1.20. The number of hydrogen-bond donors (Lipinski definition) is 1. The topological polar surface area (TPSA) is 38.3 Å². The molecule has 1 aliphatic heterocycles. The molecule has 1 heterocycles. The minimum Gasteiger partial charge on any atom is -0.461 e. The Morgan fingerprint density at radius 3 is 2.61 bits per heavy atom. The van der Waals surface area contributed by atoms with E-state index in [0.717, 1.165) is 17.3 Å². The molecular weight excluding hydrogens is 294 g/mol. The first kappa shape index (κ1) is 13.6. The maximum atomic E-state index is 11.6. The number of esters is 1. The second kappa shape index (κ2) is 5.85. The van der Waals surface area contributed by atoms with Crippen molar-refractivity contribution in [3.8, 4) is 0 Å². The lowest BCUT2D eigenvalue weighted by Crippen LogP contribution is -2.36. The van der Waals surface area contributed by atoms with E-state index in [1.807, 2.05) is 19.1 Å². The lowest BCUT2D eigenvalue weighted by Gasteiger charge is -2.20. The van der Waals surface area contributed by atoms with Crippen molar-refractivity contribution in [3.63, 3.8) is 0 Å². The molecule has 0 bridgehead atoms. The molecule has 0 aromatic heterocycles. The number of carbonyl (C=O) groups is 1. The van der Waals surface area contributed by atoms with Crippen molar-refractivity contribution in [2.75, 3.05) is 0 Å². The summed E-state index contributed by atoms with van der Waals surface area (Å²) in [4.78, 5) is 11.6. The standard InChI is InChI=1S/C14H18BrNO2/c1-3-12(10-4-6-11(15)7-5-10)16-13-8-9(2)18-14(13)17/h4-7,9,12-13,16H,3,8H2,1-2H3. The smallest absolute Gasteiger partial charge is 0.323 e. The monoisotopic (exact) mass is 311 g/mol. The fraction of sp³-hybridized carbons (Fsp3) is 0.500. The van der Waals surface area contributed by atoms with Crippen LogP contribution >= 0.6 is 15.9 Å². The van der Waals surface area contributed by atoms with Crippen molar-refractivity contribution in [2.45, 2.75) is 44.9 Å². The molecule has 1 aromatic rings. The third kappa shape index (κ3) is 3.12. The Hall–Kier alpha value is -0.870. The molecule has 0 aliphatic carbocycles. The molecule has 4 heteroatoms. The molecule has 1 aromatic carbocycles. The zero-order chi connectivity index (χ0) is 13.1. The molecule has 2 rings (SSSR count). The number of cyclic esters (lactones) is 1. The average Bonchev–Trinajstić information content (AvgIpc) is 2.66. The molecule has 0 amide bonds. The van der Waals surface area contributed by atoms with Crippen LogP contribution in [0.4, 0.5) is 0 Å². The fourth-order valence-corrected chi connectivity index (χ4v) is 2.54. The number of rotatable bonds is 4. The number of halogens is 1. The van der Waals surface area contributed by atoms with Crippen LogP contribution in [0.2, 0.25) is 0 Å². The van der Waals surface area contributed by atoms with Gasteiger partial charge in [0.25, 0.3) is 0 Å². The van der Waals surface area contributed by atoms with Crippen molar-refractivity contribution in [1.29, 1.82) is 0 Å². The Kier molecular flexibility index (Phi) is 4.40.